The minimum absolute atomic E-state index is 0.434. The van der Waals surface area contributed by atoms with Gasteiger partial charge in [0.1, 0.15) is 5.60 Å². The van der Waals surface area contributed by atoms with Crippen molar-refractivity contribution in [1.82, 2.24) is 0 Å². The molecular formula is C12H14ClNO3. The first-order valence-corrected chi connectivity index (χ1v) is 5.45. The lowest BCUT2D eigenvalue weighted by Crippen LogP contribution is -2.33. The van der Waals surface area contributed by atoms with E-state index in [1.54, 1.807) is 38.1 Å². The molecule has 5 heteroatoms. The lowest BCUT2D eigenvalue weighted by atomic mass is 9.98. The van der Waals surface area contributed by atoms with E-state index >= 15 is 0 Å². The number of hydrogen-bond donors (Lipinski definition) is 1. The number of hydrogen-bond acceptors (Lipinski definition) is 3. The molecule has 0 fully saturated rings. The molecule has 0 spiro atoms. The number of carbonyl (C=O) groups is 2. The fraction of sp³-hybridized carbons (Fsp3) is 0.333. The maximum Gasteiger partial charge on any atom is 0.405 e. The van der Waals surface area contributed by atoms with Gasteiger partial charge in [-0.15, -0.1) is 0 Å². The number of ether oxygens (including phenoxy) is 1. The molecule has 1 amide bonds. The number of halogens is 1. The first-order chi connectivity index (χ1) is 7.80. The third kappa shape index (κ3) is 4.44. The van der Waals surface area contributed by atoms with Crippen LogP contribution < -0.4 is 5.73 Å². The van der Waals surface area contributed by atoms with E-state index in [0.717, 1.165) is 5.56 Å². The number of benzene rings is 1. The van der Waals surface area contributed by atoms with E-state index in [9.17, 15) is 9.59 Å². The van der Waals surface area contributed by atoms with E-state index < -0.39 is 16.9 Å². The van der Waals surface area contributed by atoms with Crippen LogP contribution in [-0.4, -0.2) is 16.9 Å². The predicted molar refractivity (Wildman–Crippen MR) is 65.1 cm³/mol. The van der Waals surface area contributed by atoms with Gasteiger partial charge in [0, 0.05) is 12.0 Å². The highest BCUT2D eigenvalue weighted by molar-refractivity contribution is 6.67. The van der Waals surface area contributed by atoms with Crippen molar-refractivity contribution in [2.45, 2.75) is 25.9 Å². The standard InChI is InChI=1S/C12H14ClNO3/c1-12(2,17-11(14)16)7-8-3-5-9(6-4-8)10(13)15/h3-6H,7H2,1-2H3,(H2,14,16). The second-order valence-corrected chi connectivity index (χ2v) is 4.67. The zero-order valence-electron chi connectivity index (χ0n) is 9.70. The van der Waals surface area contributed by atoms with Crippen molar-refractivity contribution < 1.29 is 14.3 Å². The van der Waals surface area contributed by atoms with Crippen LogP contribution >= 0.6 is 11.6 Å². The second-order valence-electron chi connectivity index (χ2n) is 4.33. The van der Waals surface area contributed by atoms with Gasteiger partial charge in [0.05, 0.1) is 0 Å². The molecule has 1 aromatic carbocycles. The predicted octanol–water partition coefficient (Wildman–Crippen LogP) is 2.48. The Bertz CT molecular complexity index is 426. The zero-order valence-corrected chi connectivity index (χ0v) is 10.5. The molecule has 17 heavy (non-hydrogen) atoms. The van der Waals surface area contributed by atoms with Gasteiger partial charge in [0.15, 0.2) is 0 Å². The van der Waals surface area contributed by atoms with E-state index in [4.69, 9.17) is 22.1 Å². The van der Waals surface area contributed by atoms with Crippen molar-refractivity contribution in [3.63, 3.8) is 0 Å². The number of nitrogens with two attached hydrogens (primary N) is 1. The van der Waals surface area contributed by atoms with Crippen LogP contribution in [0.5, 0.6) is 0 Å². The Morgan fingerprint density at radius 3 is 2.24 bits per heavy atom. The Labute approximate surface area is 105 Å². The first-order valence-electron chi connectivity index (χ1n) is 5.07. The minimum atomic E-state index is -0.803. The molecule has 0 radical (unpaired) electrons. The number of carbonyl (C=O) groups excluding carboxylic acids is 2. The van der Waals surface area contributed by atoms with Gasteiger partial charge in [-0.2, -0.15) is 0 Å². The summed E-state index contributed by atoms with van der Waals surface area (Å²) in [6, 6.07) is 6.79. The normalized spacial score (nSPS) is 11.0. The first kappa shape index (κ1) is 13.5. The van der Waals surface area contributed by atoms with Crippen LogP contribution in [0.2, 0.25) is 0 Å². The summed E-state index contributed by atoms with van der Waals surface area (Å²) in [4.78, 5) is 21.6. The molecule has 2 N–H and O–H groups in total. The Hall–Kier alpha value is -1.55. The fourth-order valence-electron chi connectivity index (χ4n) is 1.55. The molecule has 92 valence electrons. The van der Waals surface area contributed by atoms with Crippen LogP contribution in [0.4, 0.5) is 4.79 Å². The van der Waals surface area contributed by atoms with Gasteiger partial charge in [0.2, 0.25) is 0 Å². The molecule has 4 nitrogen and oxygen atoms in total. The highest BCUT2D eigenvalue weighted by Gasteiger charge is 2.22. The van der Waals surface area contributed by atoms with Gasteiger partial charge < -0.3 is 10.5 Å². The maximum atomic E-state index is 10.9. The molecular weight excluding hydrogens is 242 g/mol. The Morgan fingerprint density at radius 2 is 1.82 bits per heavy atom. The van der Waals surface area contributed by atoms with Gasteiger partial charge in [-0.3, -0.25) is 4.79 Å². The second kappa shape index (κ2) is 5.19. The summed E-state index contributed by atoms with van der Waals surface area (Å²) >= 11 is 5.33. The van der Waals surface area contributed by atoms with Crippen molar-refractivity contribution in [1.29, 1.82) is 0 Å². The maximum absolute atomic E-state index is 10.9. The van der Waals surface area contributed by atoms with Crippen LogP contribution in [0.1, 0.15) is 29.8 Å². The number of primary amides is 1. The Kier molecular flexibility index (Phi) is 4.12. The number of amides is 1. The van der Waals surface area contributed by atoms with Gasteiger partial charge in [-0.05, 0) is 43.1 Å². The van der Waals surface area contributed by atoms with Crippen molar-refractivity contribution in [2.75, 3.05) is 0 Å². The molecule has 0 atom stereocenters. The van der Waals surface area contributed by atoms with Gasteiger partial charge in [-0.1, -0.05) is 12.1 Å². The van der Waals surface area contributed by atoms with Crippen LogP contribution in [-0.2, 0) is 11.2 Å². The smallest absolute Gasteiger partial charge is 0.405 e. The van der Waals surface area contributed by atoms with Gasteiger partial charge in [0.25, 0.3) is 5.24 Å². The zero-order chi connectivity index (χ0) is 13.1. The van der Waals surface area contributed by atoms with Crippen LogP contribution in [0.15, 0.2) is 24.3 Å². The minimum Gasteiger partial charge on any atom is -0.443 e. The fourth-order valence-corrected chi connectivity index (χ4v) is 1.68. The SMILES string of the molecule is CC(C)(Cc1ccc(C(=O)Cl)cc1)OC(N)=O. The highest BCUT2D eigenvalue weighted by atomic mass is 35.5. The van der Waals surface area contributed by atoms with Crippen LogP contribution in [0.3, 0.4) is 0 Å². The number of rotatable bonds is 4. The molecule has 0 aromatic heterocycles. The van der Waals surface area contributed by atoms with Crippen LogP contribution in [0.25, 0.3) is 0 Å². The van der Waals surface area contributed by atoms with Crippen LogP contribution in [0, 0.1) is 0 Å². The summed E-state index contributed by atoms with van der Waals surface area (Å²) in [5.41, 5.74) is 5.65. The Balaban J connectivity index is 2.75. The topological polar surface area (TPSA) is 69.4 Å². The summed E-state index contributed by atoms with van der Waals surface area (Å²) < 4.78 is 4.97. The molecule has 0 saturated heterocycles. The highest BCUT2D eigenvalue weighted by Crippen LogP contribution is 2.18. The summed E-state index contributed by atoms with van der Waals surface area (Å²) in [5.74, 6) is 0. The summed E-state index contributed by atoms with van der Waals surface area (Å²) in [6.07, 6.45) is -0.297. The van der Waals surface area contributed by atoms with Crippen molar-refractivity contribution in [3.8, 4) is 0 Å². The third-order valence-corrected chi connectivity index (χ3v) is 2.41. The van der Waals surface area contributed by atoms with Gasteiger partial charge in [-0.25, -0.2) is 4.79 Å². The molecule has 0 unspecified atom stereocenters. The molecule has 1 rings (SSSR count). The molecule has 0 heterocycles. The molecule has 1 aromatic rings. The molecule has 0 bridgehead atoms. The van der Waals surface area contributed by atoms with E-state index in [2.05, 4.69) is 0 Å². The Morgan fingerprint density at radius 1 is 1.29 bits per heavy atom. The quantitative estimate of drug-likeness (QED) is 0.841. The van der Waals surface area contributed by atoms with E-state index in [1.165, 1.54) is 0 Å². The van der Waals surface area contributed by atoms with E-state index in [1.807, 2.05) is 0 Å². The molecule has 0 aliphatic heterocycles. The van der Waals surface area contributed by atoms with Gasteiger partial charge >= 0.3 is 6.09 Å². The molecule has 0 aliphatic rings. The molecule has 0 aliphatic carbocycles. The lowest BCUT2D eigenvalue weighted by Gasteiger charge is -2.23. The summed E-state index contributed by atoms with van der Waals surface area (Å²) in [6.45, 7) is 3.52. The summed E-state index contributed by atoms with van der Waals surface area (Å²) in [5, 5.41) is -0.496. The van der Waals surface area contributed by atoms with E-state index in [0.29, 0.717) is 12.0 Å². The van der Waals surface area contributed by atoms with Crippen molar-refractivity contribution in [3.05, 3.63) is 35.4 Å². The third-order valence-electron chi connectivity index (χ3n) is 2.19. The van der Waals surface area contributed by atoms with Crippen molar-refractivity contribution >= 4 is 22.9 Å². The largest absolute Gasteiger partial charge is 0.443 e. The average Bonchev–Trinajstić information content (AvgIpc) is 2.15. The van der Waals surface area contributed by atoms with Crippen molar-refractivity contribution in [2.24, 2.45) is 5.73 Å². The summed E-state index contributed by atoms with van der Waals surface area (Å²) in [7, 11) is 0. The monoisotopic (exact) mass is 255 g/mol. The van der Waals surface area contributed by atoms with E-state index in [-0.39, 0.29) is 0 Å². The average molecular weight is 256 g/mol. The lowest BCUT2D eigenvalue weighted by molar-refractivity contribution is 0.0460. The molecule has 0 saturated carbocycles.